The number of hydrogen-bond donors (Lipinski definition) is 0. The first-order chi connectivity index (χ1) is 9.95. The Morgan fingerprint density at radius 2 is 1.52 bits per heavy atom. The van der Waals surface area contributed by atoms with Crippen molar-refractivity contribution in [3.05, 3.63) is 48.0 Å². The lowest BCUT2D eigenvalue weighted by Gasteiger charge is -2.25. The van der Waals surface area contributed by atoms with E-state index < -0.39 is 11.2 Å². The van der Waals surface area contributed by atoms with Gasteiger partial charge in [-0.25, -0.2) is 0 Å². The zero-order valence-electron chi connectivity index (χ0n) is 12.1. The molecule has 1 aromatic carbocycles. The number of imide groups is 1. The minimum atomic E-state index is -0.641. The molecule has 4 nitrogen and oxygen atoms in total. The van der Waals surface area contributed by atoms with Gasteiger partial charge in [0.25, 0.3) is 0 Å². The minimum absolute atomic E-state index is 0.107. The van der Waals surface area contributed by atoms with Crippen LogP contribution in [0.15, 0.2) is 42.5 Å². The first-order valence-corrected chi connectivity index (χ1v) is 7.24. The van der Waals surface area contributed by atoms with Crippen LogP contribution in [0.25, 0.3) is 0 Å². The van der Waals surface area contributed by atoms with Crippen LogP contribution in [0.2, 0.25) is 0 Å². The molecule has 2 saturated heterocycles. The summed E-state index contributed by atoms with van der Waals surface area (Å²) in [6.07, 6.45) is 3.87. The zero-order valence-corrected chi connectivity index (χ0v) is 12.1. The average molecular weight is 283 g/mol. The van der Waals surface area contributed by atoms with Crippen LogP contribution in [-0.2, 0) is 20.9 Å². The molecule has 108 valence electrons. The Morgan fingerprint density at radius 3 is 2.05 bits per heavy atom. The van der Waals surface area contributed by atoms with E-state index in [1.807, 2.05) is 56.3 Å². The van der Waals surface area contributed by atoms with Crippen LogP contribution in [0.5, 0.6) is 0 Å². The summed E-state index contributed by atoms with van der Waals surface area (Å²) in [5, 5.41) is 0. The van der Waals surface area contributed by atoms with Crippen LogP contribution in [-0.4, -0.2) is 27.9 Å². The van der Waals surface area contributed by atoms with Crippen molar-refractivity contribution in [1.29, 1.82) is 0 Å². The van der Waals surface area contributed by atoms with Crippen molar-refractivity contribution in [2.24, 2.45) is 11.8 Å². The van der Waals surface area contributed by atoms with E-state index in [4.69, 9.17) is 4.74 Å². The molecule has 4 rings (SSSR count). The molecule has 0 radical (unpaired) electrons. The van der Waals surface area contributed by atoms with E-state index in [-0.39, 0.29) is 23.7 Å². The Bertz CT molecular complexity index is 632. The summed E-state index contributed by atoms with van der Waals surface area (Å²) in [7, 11) is 0. The smallest absolute Gasteiger partial charge is 0.236 e. The number of carbonyl (C=O) groups excluding carboxylic acids is 2. The summed E-state index contributed by atoms with van der Waals surface area (Å²) in [5.74, 6) is -0.985. The Labute approximate surface area is 123 Å². The number of likely N-dealkylation sites (tertiary alicyclic amines) is 1. The van der Waals surface area contributed by atoms with Crippen molar-refractivity contribution in [1.82, 2.24) is 4.90 Å². The number of benzene rings is 1. The molecule has 4 atom stereocenters. The van der Waals surface area contributed by atoms with Crippen LogP contribution in [0.4, 0.5) is 0 Å². The molecule has 4 heteroatoms. The fraction of sp³-hybridized carbons (Fsp3) is 0.412. The van der Waals surface area contributed by atoms with Crippen molar-refractivity contribution in [3.8, 4) is 0 Å². The fourth-order valence-corrected chi connectivity index (χ4v) is 4.01. The maximum absolute atomic E-state index is 12.7. The highest BCUT2D eigenvalue weighted by Gasteiger charge is 2.70. The Morgan fingerprint density at radius 1 is 1.00 bits per heavy atom. The summed E-state index contributed by atoms with van der Waals surface area (Å²) in [6, 6.07) is 9.62. The van der Waals surface area contributed by atoms with Gasteiger partial charge in [0.1, 0.15) is 0 Å². The largest absolute Gasteiger partial charge is 0.359 e. The Balaban J connectivity index is 1.69. The van der Waals surface area contributed by atoms with E-state index in [9.17, 15) is 9.59 Å². The van der Waals surface area contributed by atoms with Gasteiger partial charge in [0.15, 0.2) is 0 Å². The third kappa shape index (κ3) is 1.54. The molecule has 0 N–H and O–H groups in total. The van der Waals surface area contributed by atoms with Gasteiger partial charge in [0.2, 0.25) is 11.8 Å². The topological polar surface area (TPSA) is 46.6 Å². The summed E-state index contributed by atoms with van der Waals surface area (Å²) in [6.45, 7) is 4.14. The van der Waals surface area contributed by atoms with Gasteiger partial charge in [-0.2, -0.15) is 0 Å². The van der Waals surface area contributed by atoms with Gasteiger partial charge in [0.05, 0.1) is 29.6 Å². The lowest BCUT2D eigenvalue weighted by Crippen LogP contribution is -2.39. The number of ether oxygens (including phenoxy) is 1. The second kappa shape index (κ2) is 3.83. The molecule has 1 aromatic rings. The van der Waals surface area contributed by atoms with Crippen molar-refractivity contribution >= 4 is 11.8 Å². The standard InChI is InChI=1S/C17H17NO3/c1-16-8-9-17(2,21-16)13-12(16)14(19)18(15(13)20)10-11-6-4-3-5-7-11/h3-9,12-13H,10H2,1-2H3/t12-,13+,16-,17-/m0/s1. The number of rotatable bonds is 2. The summed E-state index contributed by atoms with van der Waals surface area (Å²) in [4.78, 5) is 26.9. The third-order valence-corrected chi connectivity index (χ3v) is 5.00. The van der Waals surface area contributed by atoms with Crippen molar-refractivity contribution in [2.45, 2.75) is 31.6 Å². The lowest BCUT2D eigenvalue weighted by atomic mass is 9.73. The van der Waals surface area contributed by atoms with E-state index in [0.717, 1.165) is 5.56 Å². The van der Waals surface area contributed by atoms with E-state index in [1.165, 1.54) is 4.90 Å². The first-order valence-electron chi connectivity index (χ1n) is 7.24. The minimum Gasteiger partial charge on any atom is -0.359 e. The molecular weight excluding hydrogens is 266 g/mol. The lowest BCUT2D eigenvalue weighted by molar-refractivity contribution is -0.146. The molecule has 21 heavy (non-hydrogen) atoms. The van der Waals surface area contributed by atoms with Crippen LogP contribution in [0.1, 0.15) is 19.4 Å². The van der Waals surface area contributed by atoms with Gasteiger partial charge >= 0.3 is 0 Å². The second-order valence-corrected chi connectivity index (χ2v) is 6.51. The predicted octanol–water partition coefficient (Wildman–Crippen LogP) is 1.91. The summed E-state index contributed by atoms with van der Waals surface area (Å²) < 4.78 is 5.97. The van der Waals surface area contributed by atoms with Crippen LogP contribution < -0.4 is 0 Å². The normalized spacial score (nSPS) is 40.2. The van der Waals surface area contributed by atoms with Gasteiger partial charge in [-0.15, -0.1) is 0 Å². The first kappa shape index (κ1) is 12.8. The van der Waals surface area contributed by atoms with Crippen molar-refractivity contribution < 1.29 is 14.3 Å². The van der Waals surface area contributed by atoms with Gasteiger partial charge in [-0.3, -0.25) is 14.5 Å². The van der Waals surface area contributed by atoms with Gasteiger partial charge in [0, 0.05) is 0 Å². The SMILES string of the molecule is C[C@@]12C=C[C@](C)(O1)[C@H]1C(=O)N(Cc3ccccc3)C(=O)[C@H]12. The van der Waals surface area contributed by atoms with Crippen LogP contribution >= 0.6 is 0 Å². The molecule has 0 unspecified atom stereocenters. The molecule has 0 aromatic heterocycles. The molecule has 0 saturated carbocycles. The number of carbonyl (C=O) groups is 2. The van der Waals surface area contributed by atoms with Crippen LogP contribution in [0.3, 0.4) is 0 Å². The van der Waals surface area contributed by atoms with E-state index in [0.29, 0.717) is 6.54 Å². The number of nitrogens with zero attached hydrogens (tertiary/aromatic N) is 1. The predicted molar refractivity (Wildman–Crippen MR) is 76.0 cm³/mol. The van der Waals surface area contributed by atoms with E-state index >= 15 is 0 Å². The zero-order chi connectivity index (χ0) is 14.8. The molecular formula is C17H17NO3. The van der Waals surface area contributed by atoms with Gasteiger partial charge < -0.3 is 4.74 Å². The van der Waals surface area contributed by atoms with E-state index in [2.05, 4.69) is 0 Å². The van der Waals surface area contributed by atoms with Crippen molar-refractivity contribution in [2.75, 3.05) is 0 Å². The molecule has 2 amide bonds. The van der Waals surface area contributed by atoms with Crippen molar-refractivity contribution in [3.63, 3.8) is 0 Å². The monoisotopic (exact) mass is 283 g/mol. The molecule has 0 spiro atoms. The number of hydrogen-bond acceptors (Lipinski definition) is 3. The fourth-order valence-electron chi connectivity index (χ4n) is 4.01. The third-order valence-electron chi connectivity index (χ3n) is 5.00. The molecule has 3 aliphatic rings. The maximum atomic E-state index is 12.7. The second-order valence-electron chi connectivity index (χ2n) is 6.51. The highest BCUT2D eigenvalue weighted by atomic mass is 16.5. The average Bonchev–Trinajstić information content (AvgIpc) is 2.99. The molecule has 0 aliphatic carbocycles. The molecule has 3 heterocycles. The summed E-state index contributed by atoms with van der Waals surface area (Å²) in [5.41, 5.74) is -0.314. The Hall–Kier alpha value is -1.94. The molecule has 2 bridgehead atoms. The molecule has 2 fully saturated rings. The number of fused-ring (bicyclic) bond motifs is 5. The van der Waals surface area contributed by atoms with Crippen LogP contribution in [0, 0.1) is 11.8 Å². The summed E-state index contributed by atoms with van der Waals surface area (Å²) >= 11 is 0. The van der Waals surface area contributed by atoms with Gasteiger partial charge in [-0.05, 0) is 19.4 Å². The maximum Gasteiger partial charge on any atom is 0.236 e. The molecule has 3 aliphatic heterocycles. The highest BCUT2D eigenvalue weighted by molar-refractivity contribution is 6.07. The number of amides is 2. The van der Waals surface area contributed by atoms with Gasteiger partial charge in [-0.1, -0.05) is 42.5 Å². The van der Waals surface area contributed by atoms with E-state index in [1.54, 1.807) is 0 Å². The highest BCUT2D eigenvalue weighted by Crippen LogP contribution is 2.57. The quantitative estimate of drug-likeness (QED) is 0.615. The Kier molecular flexibility index (Phi) is 2.33.